The minimum atomic E-state index is -0.401. The van der Waals surface area contributed by atoms with Crippen molar-refractivity contribution in [1.82, 2.24) is 4.90 Å². The van der Waals surface area contributed by atoms with Gasteiger partial charge in [-0.3, -0.25) is 0 Å². The molecule has 0 N–H and O–H groups in total. The van der Waals surface area contributed by atoms with Crippen molar-refractivity contribution in [2.45, 2.75) is 13.0 Å². The molecule has 0 unspecified atom stereocenters. The van der Waals surface area contributed by atoms with Gasteiger partial charge in [0.05, 0.1) is 5.56 Å². The van der Waals surface area contributed by atoms with Crippen molar-refractivity contribution in [3.05, 3.63) is 71.0 Å². The maximum absolute atomic E-state index is 13.9. The molecule has 0 spiro atoms. The highest BCUT2D eigenvalue weighted by Crippen LogP contribution is 2.14. The Hall–Kier alpha value is -2.18. The summed E-state index contributed by atoms with van der Waals surface area (Å²) in [5, 5.41) is 8.83. The third kappa shape index (κ3) is 3.66. The molecule has 0 aliphatic heterocycles. The van der Waals surface area contributed by atoms with Crippen LogP contribution in [0.3, 0.4) is 0 Å². The second-order valence-corrected chi connectivity index (χ2v) is 4.86. The normalized spacial score (nSPS) is 10.5. The first kappa shape index (κ1) is 14.2. The van der Waals surface area contributed by atoms with Gasteiger partial charge < -0.3 is 4.90 Å². The van der Waals surface area contributed by atoms with Crippen LogP contribution >= 0.6 is 0 Å². The molecule has 2 nitrogen and oxygen atoms in total. The summed E-state index contributed by atoms with van der Waals surface area (Å²) >= 11 is 0. The highest BCUT2D eigenvalue weighted by molar-refractivity contribution is 5.34. The van der Waals surface area contributed by atoms with Crippen LogP contribution in [0.1, 0.15) is 16.7 Å². The molecule has 2 aromatic carbocycles. The number of nitrogens with zero attached hydrogens (tertiary/aromatic N) is 2. The number of nitriles is 1. The molecule has 0 atom stereocenters. The van der Waals surface area contributed by atoms with Crippen LogP contribution in [-0.2, 0) is 13.0 Å². The maximum Gasteiger partial charge on any atom is 0.145 e. The lowest BCUT2D eigenvalue weighted by molar-refractivity contribution is 0.325. The lowest BCUT2D eigenvalue weighted by Crippen LogP contribution is -2.21. The van der Waals surface area contributed by atoms with E-state index in [-0.39, 0.29) is 5.56 Å². The molecule has 0 amide bonds. The number of benzene rings is 2. The predicted molar refractivity (Wildman–Crippen MR) is 77.6 cm³/mol. The fraction of sp³-hybridized carbons (Fsp3) is 0.235. The molecule has 0 saturated heterocycles. The molecule has 0 fully saturated rings. The summed E-state index contributed by atoms with van der Waals surface area (Å²) in [5.74, 6) is -0.401. The van der Waals surface area contributed by atoms with E-state index in [4.69, 9.17) is 5.26 Å². The van der Waals surface area contributed by atoms with Crippen LogP contribution in [0.4, 0.5) is 4.39 Å². The fourth-order valence-electron chi connectivity index (χ4n) is 2.12. The zero-order chi connectivity index (χ0) is 14.4. The van der Waals surface area contributed by atoms with Crippen molar-refractivity contribution in [2.75, 3.05) is 13.6 Å². The molecule has 0 bridgehead atoms. The van der Waals surface area contributed by atoms with Crippen LogP contribution in [0.2, 0.25) is 0 Å². The molecule has 3 heteroatoms. The number of hydrogen-bond donors (Lipinski definition) is 0. The fourth-order valence-corrected chi connectivity index (χ4v) is 2.12. The number of halogens is 1. The summed E-state index contributed by atoms with van der Waals surface area (Å²) in [6, 6.07) is 17.0. The molecule has 0 aliphatic carbocycles. The van der Waals surface area contributed by atoms with E-state index in [0.29, 0.717) is 12.1 Å². The van der Waals surface area contributed by atoms with Crippen LogP contribution in [-0.4, -0.2) is 18.5 Å². The van der Waals surface area contributed by atoms with Gasteiger partial charge in [-0.05, 0) is 25.1 Å². The summed E-state index contributed by atoms with van der Waals surface area (Å²) in [6.45, 7) is 1.36. The largest absolute Gasteiger partial charge is 0.302 e. The van der Waals surface area contributed by atoms with Crippen LogP contribution in [0, 0.1) is 17.1 Å². The molecule has 2 rings (SSSR count). The van der Waals surface area contributed by atoms with E-state index in [1.54, 1.807) is 12.1 Å². The third-order valence-corrected chi connectivity index (χ3v) is 3.26. The topological polar surface area (TPSA) is 27.0 Å². The summed E-state index contributed by atoms with van der Waals surface area (Å²) in [7, 11) is 1.96. The van der Waals surface area contributed by atoms with Crippen molar-refractivity contribution in [3.8, 4) is 6.07 Å². The van der Waals surface area contributed by atoms with Crippen LogP contribution in [0.25, 0.3) is 0 Å². The Labute approximate surface area is 119 Å². The third-order valence-electron chi connectivity index (χ3n) is 3.26. The Bertz CT molecular complexity index is 602. The average Bonchev–Trinajstić information content (AvgIpc) is 2.48. The molecule has 20 heavy (non-hydrogen) atoms. The smallest absolute Gasteiger partial charge is 0.145 e. The van der Waals surface area contributed by atoms with Crippen molar-refractivity contribution < 1.29 is 4.39 Å². The molecular weight excluding hydrogens is 251 g/mol. The van der Waals surface area contributed by atoms with Crippen molar-refractivity contribution >= 4 is 0 Å². The van der Waals surface area contributed by atoms with E-state index in [1.807, 2.05) is 31.3 Å². The maximum atomic E-state index is 13.9. The lowest BCUT2D eigenvalue weighted by atomic mass is 10.1. The summed E-state index contributed by atoms with van der Waals surface area (Å²) in [5.41, 5.74) is 1.95. The quantitative estimate of drug-likeness (QED) is 0.831. The van der Waals surface area contributed by atoms with Crippen LogP contribution < -0.4 is 0 Å². The van der Waals surface area contributed by atoms with Gasteiger partial charge in [0.15, 0.2) is 0 Å². The summed E-state index contributed by atoms with van der Waals surface area (Å²) in [6.07, 6.45) is 0.927. The highest BCUT2D eigenvalue weighted by Gasteiger charge is 2.09. The van der Waals surface area contributed by atoms with Crippen molar-refractivity contribution in [2.24, 2.45) is 0 Å². The van der Waals surface area contributed by atoms with Gasteiger partial charge in [-0.15, -0.1) is 0 Å². The van der Waals surface area contributed by atoms with Gasteiger partial charge >= 0.3 is 0 Å². The first-order valence-electron chi connectivity index (χ1n) is 6.60. The molecule has 0 saturated carbocycles. The molecule has 0 heterocycles. The Kier molecular flexibility index (Phi) is 4.86. The number of hydrogen-bond acceptors (Lipinski definition) is 2. The Morgan fingerprint density at radius 3 is 2.55 bits per heavy atom. The van der Waals surface area contributed by atoms with Gasteiger partial charge in [0.2, 0.25) is 0 Å². The molecule has 0 aliphatic rings. The van der Waals surface area contributed by atoms with Gasteiger partial charge in [-0.1, -0.05) is 42.5 Å². The minimum Gasteiger partial charge on any atom is -0.302 e. The van der Waals surface area contributed by atoms with Gasteiger partial charge in [0.1, 0.15) is 11.9 Å². The second-order valence-electron chi connectivity index (χ2n) is 4.86. The van der Waals surface area contributed by atoms with Gasteiger partial charge in [0.25, 0.3) is 0 Å². The Morgan fingerprint density at radius 2 is 1.85 bits per heavy atom. The van der Waals surface area contributed by atoms with Gasteiger partial charge in [-0.25, -0.2) is 4.39 Å². The number of rotatable bonds is 5. The van der Waals surface area contributed by atoms with Crippen LogP contribution in [0.15, 0.2) is 48.5 Å². The van der Waals surface area contributed by atoms with E-state index < -0.39 is 5.82 Å². The van der Waals surface area contributed by atoms with Crippen molar-refractivity contribution in [1.29, 1.82) is 5.26 Å². The molecule has 0 radical (unpaired) electrons. The van der Waals surface area contributed by atoms with Gasteiger partial charge in [-0.2, -0.15) is 5.26 Å². The van der Waals surface area contributed by atoms with Crippen LogP contribution in [0.5, 0.6) is 0 Å². The first-order valence-corrected chi connectivity index (χ1v) is 6.60. The highest BCUT2D eigenvalue weighted by atomic mass is 19.1. The van der Waals surface area contributed by atoms with E-state index >= 15 is 0 Å². The first-order chi connectivity index (χ1) is 9.70. The minimum absolute atomic E-state index is 0.110. The molecule has 2 aromatic rings. The monoisotopic (exact) mass is 268 g/mol. The molecule has 0 aromatic heterocycles. The van der Waals surface area contributed by atoms with E-state index in [1.165, 1.54) is 11.6 Å². The second kappa shape index (κ2) is 6.83. The van der Waals surface area contributed by atoms with E-state index in [9.17, 15) is 4.39 Å². The number of likely N-dealkylation sites (N-methyl/N-ethyl adjacent to an activating group) is 1. The summed E-state index contributed by atoms with van der Waals surface area (Å²) < 4.78 is 13.9. The zero-order valence-electron chi connectivity index (χ0n) is 11.5. The standard InChI is InChI=1S/C17H17FN2/c1-20(11-10-14-6-3-2-4-7-14)13-16-9-5-8-15(12-19)17(16)18/h2-9H,10-11,13H2,1H3. The average molecular weight is 268 g/mol. The molecule has 102 valence electrons. The predicted octanol–water partition coefficient (Wildman–Crippen LogP) is 3.37. The Morgan fingerprint density at radius 1 is 1.10 bits per heavy atom. The van der Waals surface area contributed by atoms with Gasteiger partial charge in [0, 0.05) is 18.7 Å². The lowest BCUT2D eigenvalue weighted by Gasteiger charge is -2.17. The molecular formula is C17H17FN2. The van der Waals surface area contributed by atoms with Crippen molar-refractivity contribution in [3.63, 3.8) is 0 Å². The van der Waals surface area contributed by atoms with E-state index in [0.717, 1.165) is 13.0 Å². The SMILES string of the molecule is CN(CCc1ccccc1)Cc1cccc(C#N)c1F. The Balaban J connectivity index is 1.95. The summed E-state index contributed by atoms with van der Waals surface area (Å²) in [4.78, 5) is 2.06. The van der Waals surface area contributed by atoms with E-state index in [2.05, 4.69) is 17.0 Å². The zero-order valence-corrected chi connectivity index (χ0v) is 11.5.